The van der Waals surface area contributed by atoms with Crippen molar-refractivity contribution >= 4 is 0 Å². The van der Waals surface area contributed by atoms with Gasteiger partial charge in [0.25, 0.3) is 0 Å². The van der Waals surface area contributed by atoms with Gasteiger partial charge in [-0.05, 0) is 39.2 Å². The third-order valence-electron chi connectivity index (χ3n) is 1.71. The van der Waals surface area contributed by atoms with E-state index in [9.17, 15) is 0 Å². The number of hydrogen-bond donors (Lipinski definition) is 2. The average Bonchev–Trinajstić information content (AvgIpc) is 2.45. The second kappa shape index (κ2) is 2.89. The molecule has 0 aliphatic heterocycles. The van der Waals surface area contributed by atoms with Gasteiger partial charge in [-0.25, -0.2) is 0 Å². The Morgan fingerprint density at radius 3 is 2.50 bits per heavy atom. The molecule has 0 aromatic carbocycles. The lowest BCUT2D eigenvalue weighted by atomic mass is 10.1. The second-order valence-electron chi connectivity index (χ2n) is 4.06. The minimum absolute atomic E-state index is 0.0467. The van der Waals surface area contributed by atoms with Gasteiger partial charge >= 0.3 is 0 Å². The van der Waals surface area contributed by atoms with E-state index in [-0.39, 0.29) is 5.54 Å². The predicted octanol–water partition coefficient (Wildman–Crippen LogP) is 0.723. The average molecular weight is 142 g/mol. The summed E-state index contributed by atoms with van der Waals surface area (Å²) in [5, 5.41) is 3.36. The Labute approximate surface area is 63.2 Å². The fourth-order valence-corrected chi connectivity index (χ4v) is 0.920. The first kappa shape index (κ1) is 8.02. The molecule has 1 fully saturated rings. The Kier molecular flexibility index (Phi) is 2.32. The smallest absolute Gasteiger partial charge is 0.0223 e. The van der Waals surface area contributed by atoms with Crippen LogP contribution in [-0.4, -0.2) is 18.6 Å². The SMILES string of the molecule is CC(C)(N)CNCC1CC1. The largest absolute Gasteiger partial charge is 0.324 e. The van der Waals surface area contributed by atoms with E-state index in [1.165, 1.54) is 19.4 Å². The second-order valence-corrected chi connectivity index (χ2v) is 4.06. The lowest BCUT2D eigenvalue weighted by Crippen LogP contribution is -2.43. The third-order valence-corrected chi connectivity index (χ3v) is 1.71. The van der Waals surface area contributed by atoms with Gasteiger partial charge in [-0.3, -0.25) is 0 Å². The third kappa shape index (κ3) is 3.85. The van der Waals surface area contributed by atoms with Crippen LogP contribution in [-0.2, 0) is 0 Å². The summed E-state index contributed by atoms with van der Waals surface area (Å²) in [5.74, 6) is 0.961. The van der Waals surface area contributed by atoms with Crippen LogP contribution < -0.4 is 11.1 Å². The molecule has 2 heteroatoms. The van der Waals surface area contributed by atoms with E-state index in [2.05, 4.69) is 5.32 Å². The molecule has 0 unspecified atom stereocenters. The standard InChI is InChI=1S/C8H18N2/c1-8(2,9)6-10-5-7-3-4-7/h7,10H,3-6,9H2,1-2H3. The fourth-order valence-electron chi connectivity index (χ4n) is 0.920. The van der Waals surface area contributed by atoms with Crippen LogP contribution in [0.25, 0.3) is 0 Å². The molecule has 0 bridgehead atoms. The molecular formula is C8H18N2. The summed E-state index contributed by atoms with van der Waals surface area (Å²) in [6.45, 7) is 6.20. The first-order chi connectivity index (χ1) is 4.58. The van der Waals surface area contributed by atoms with Crippen molar-refractivity contribution in [3.8, 4) is 0 Å². The van der Waals surface area contributed by atoms with Crippen molar-refractivity contribution in [2.75, 3.05) is 13.1 Å². The molecule has 0 heterocycles. The van der Waals surface area contributed by atoms with Crippen LogP contribution in [0.15, 0.2) is 0 Å². The van der Waals surface area contributed by atoms with Crippen molar-refractivity contribution in [3.05, 3.63) is 0 Å². The Morgan fingerprint density at radius 1 is 1.50 bits per heavy atom. The van der Waals surface area contributed by atoms with Crippen molar-refractivity contribution in [2.45, 2.75) is 32.2 Å². The van der Waals surface area contributed by atoms with Crippen LogP contribution in [0.3, 0.4) is 0 Å². The van der Waals surface area contributed by atoms with Crippen LogP contribution in [0, 0.1) is 5.92 Å². The molecule has 0 aromatic rings. The number of nitrogens with one attached hydrogen (secondary N) is 1. The Hall–Kier alpha value is -0.0800. The highest BCUT2D eigenvalue weighted by Gasteiger charge is 2.21. The molecule has 0 atom stereocenters. The molecule has 0 amide bonds. The number of nitrogens with two attached hydrogens (primary N) is 1. The molecular weight excluding hydrogens is 124 g/mol. The van der Waals surface area contributed by atoms with Crippen LogP contribution in [0.2, 0.25) is 0 Å². The highest BCUT2D eigenvalue weighted by Crippen LogP contribution is 2.27. The van der Waals surface area contributed by atoms with Gasteiger partial charge in [0.05, 0.1) is 0 Å². The predicted molar refractivity (Wildman–Crippen MR) is 43.9 cm³/mol. The van der Waals surface area contributed by atoms with Gasteiger partial charge < -0.3 is 11.1 Å². The van der Waals surface area contributed by atoms with E-state index in [0.717, 1.165) is 12.5 Å². The fraction of sp³-hybridized carbons (Fsp3) is 1.00. The lowest BCUT2D eigenvalue weighted by Gasteiger charge is -2.18. The molecule has 2 nitrogen and oxygen atoms in total. The normalized spacial score (nSPS) is 19.5. The van der Waals surface area contributed by atoms with Crippen LogP contribution in [0.4, 0.5) is 0 Å². The van der Waals surface area contributed by atoms with Crippen molar-refractivity contribution in [2.24, 2.45) is 11.7 Å². The Morgan fingerprint density at radius 2 is 2.10 bits per heavy atom. The molecule has 10 heavy (non-hydrogen) atoms. The molecule has 0 saturated heterocycles. The van der Waals surface area contributed by atoms with Gasteiger partial charge in [0.15, 0.2) is 0 Å². The van der Waals surface area contributed by atoms with E-state index in [1.54, 1.807) is 0 Å². The summed E-state index contributed by atoms with van der Waals surface area (Å²) >= 11 is 0. The number of rotatable bonds is 4. The zero-order valence-electron chi connectivity index (χ0n) is 6.98. The van der Waals surface area contributed by atoms with Gasteiger partial charge in [-0.2, -0.15) is 0 Å². The van der Waals surface area contributed by atoms with E-state index >= 15 is 0 Å². The topological polar surface area (TPSA) is 38.0 Å². The Balaban J connectivity index is 1.93. The first-order valence-corrected chi connectivity index (χ1v) is 4.07. The molecule has 0 spiro atoms. The molecule has 3 N–H and O–H groups in total. The molecule has 1 saturated carbocycles. The lowest BCUT2D eigenvalue weighted by molar-refractivity contribution is 0.460. The quantitative estimate of drug-likeness (QED) is 0.607. The van der Waals surface area contributed by atoms with E-state index in [0.29, 0.717) is 0 Å². The monoisotopic (exact) mass is 142 g/mol. The van der Waals surface area contributed by atoms with Crippen LogP contribution in [0.1, 0.15) is 26.7 Å². The molecule has 1 aliphatic carbocycles. The molecule has 0 radical (unpaired) electrons. The van der Waals surface area contributed by atoms with E-state index in [1.807, 2.05) is 13.8 Å². The van der Waals surface area contributed by atoms with Gasteiger partial charge in [0.1, 0.15) is 0 Å². The zero-order valence-corrected chi connectivity index (χ0v) is 6.98. The van der Waals surface area contributed by atoms with Crippen molar-refractivity contribution in [3.63, 3.8) is 0 Å². The Bertz CT molecular complexity index is 100. The maximum Gasteiger partial charge on any atom is 0.0223 e. The van der Waals surface area contributed by atoms with Gasteiger partial charge in [0, 0.05) is 12.1 Å². The zero-order chi connectivity index (χ0) is 7.61. The highest BCUT2D eigenvalue weighted by molar-refractivity contribution is 4.79. The molecule has 1 rings (SSSR count). The van der Waals surface area contributed by atoms with Gasteiger partial charge in [-0.1, -0.05) is 0 Å². The summed E-state index contributed by atoms with van der Waals surface area (Å²) < 4.78 is 0. The summed E-state index contributed by atoms with van der Waals surface area (Å²) in [6, 6.07) is 0. The summed E-state index contributed by atoms with van der Waals surface area (Å²) in [4.78, 5) is 0. The van der Waals surface area contributed by atoms with Gasteiger partial charge in [0.2, 0.25) is 0 Å². The van der Waals surface area contributed by atoms with Crippen molar-refractivity contribution < 1.29 is 0 Å². The number of hydrogen-bond acceptors (Lipinski definition) is 2. The molecule has 60 valence electrons. The highest BCUT2D eigenvalue weighted by atomic mass is 14.9. The van der Waals surface area contributed by atoms with Crippen molar-refractivity contribution in [1.29, 1.82) is 0 Å². The first-order valence-electron chi connectivity index (χ1n) is 4.07. The minimum Gasteiger partial charge on any atom is -0.324 e. The van der Waals surface area contributed by atoms with Crippen molar-refractivity contribution in [1.82, 2.24) is 5.32 Å². The summed E-state index contributed by atoms with van der Waals surface area (Å²) in [6.07, 6.45) is 2.83. The maximum atomic E-state index is 5.78. The summed E-state index contributed by atoms with van der Waals surface area (Å²) in [5.41, 5.74) is 5.73. The molecule has 0 aromatic heterocycles. The van der Waals surface area contributed by atoms with Gasteiger partial charge in [-0.15, -0.1) is 0 Å². The van der Waals surface area contributed by atoms with Crippen LogP contribution in [0.5, 0.6) is 0 Å². The van der Waals surface area contributed by atoms with Crippen LogP contribution >= 0.6 is 0 Å². The maximum absolute atomic E-state index is 5.78. The van der Waals surface area contributed by atoms with E-state index in [4.69, 9.17) is 5.73 Å². The minimum atomic E-state index is -0.0467. The molecule has 1 aliphatic rings. The van der Waals surface area contributed by atoms with E-state index < -0.39 is 0 Å². The summed E-state index contributed by atoms with van der Waals surface area (Å²) in [7, 11) is 0.